The maximum absolute atomic E-state index is 12.5. The monoisotopic (exact) mass is 375 g/mol. The van der Waals surface area contributed by atoms with Gasteiger partial charge in [0, 0.05) is 44.5 Å². The van der Waals surface area contributed by atoms with Crippen LogP contribution in [0.15, 0.2) is 0 Å². The van der Waals surface area contributed by atoms with E-state index in [0.717, 1.165) is 11.5 Å². The molecule has 1 saturated heterocycles. The highest BCUT2D eigenvalue weighted by atomic mass is 33.1. The molecular weight excluding hydrogens is 346 g/mol. The predicted molar refractivity (Wildman–Crippen MR) is 101 cm³/mol. The van der Waals surface area contributed by atoms with Crippen molar-refractivity contribution in [2.75, 3.05) is 31.6 Å². The molecule has 1 atom stereocenters. The predicted octanol–water partition coefficient (Wildman–Crippen LogP) is 1.66. The van der Waals surface area contributed by atoms with Gasteiger partial charge in [-0.15, -0.1) is 0 Å². The van der Waals surface area contributed by atoms with Crippen molar-refractivity contribution < 1.29 is 14.4 Å². The Kier molecular flexibility index (Phi) is 10.2. The number of hydrogen-bond donors (Lipinski definition) is 2. The molecule has 0 aromatic carbocycles. The molecule has 8 heteroatoms. The van der Waals surface area contributed by atoms with Gasteiger partial charge in [-0.25, -0.2) is 0 Å². The zero-order valence-corrected chi connectivity index (χ0v) is 16.4. The SMILES string of the molecule is CC(C)CC1C(=O)NCCSSCCNC(=O)CCCC(=O)N1C. The third kappa shape index (κ3) is 8.28. The van der Waals surface area contributed by atoms with Gasteiger partial charge < -0.3 is 15.5 Å². The third-order valence-electron chi connectivity index (χ3n) is 3.73. The second-order valence-electron chi connectivity index (χ2n) is 6.29. The summed E-state index contributed by atoms with van der Waals surface area (Å²) in [6.45, 7) is 5.30. The van der Waals surface area contributed by atoms with Crippen LogP contribution in [-0.2, 0) is 14.4 Å². The number of carbonyl (C=O) groups excluding carboxylic acids is 3. The molecule has 6 nitrogen and oxygen atoms in total. The first-order valence-electron chi connectivity index (χ1n) is 8.46. The number of carbonyl (C=O) groups is 3. The standard InChI is InChI=1S/C16H29N3O3S2/c1-12(2)11-13-16(22)18-8-10-24-23-9-7-17-14(20)5-4-6-15(21)19(13)3/h12-13H,4-11H2,1-3H3,(H,17,20)(H,18,22). The largest absolute Gasteiger partial charge is 0.355 e. The smallest absolute Gasteiger partial charge is 0.242 e. The van der Waals surface area contributed by atoms with E-state index in [1.165, 1.54) is 0 Å². The summed E-state index contributed by atoms with van der Waals surface area (Å²) in [5.41, 5.74) is 0. The van der Waals surface area contributed by atoms with Crippen LogP contribution in [0.5, 0.6) is 0 Å². The third-order valence-corrected chi connectivity index (χ3v) is 6.14. The fourth-order valence-electron chi connectivity index (χ4n) is 2.41. The lowest BCUT2D eigenvalue weighted by molar-refractivity contribution is -0.139. The van der Waals surface area contributed by atoms with Crippen molar-refractivity contribution in [2.24, 2.45) is 5.92 Å². The molecule has 0 radical (unpaired) electrons. The topological polar surface area (TPSA) is 78.5 Å². The Morgan fingerprint density at radius 2 is 1.71 bits per heavy atom. The average Bonchev–Trinajstić information content (AvgIpc) is 2.53. The van der Waals surface area contributed by atoms with Gasteiger partial charge in [0.15, 0.2) is 0 Å². The summed E-state index contributed by atoms with van der Waals surface area (Å²) in [6.07, 6.45) is 1.78. The minimum atomic E-state index is -0.447. The van der Waals surface area contributed by atoms with Crippen molar-refractivity contribution in [2.45, 2.75) is 45.6 Å². The summed E-state index contributed by atoms with van der Waals surface area (Å²) >= 11 is 0. The van der Waals surface area contributed by atoms with E-state index in [-0.39, 0.29) is 24.1 Å². The number of rotatable bonds is 2. The first kappa shape index (κ1) is 21.2. The number of amides is 3. The molecule has 1 fully saturated rings. The van der Waals surface area contributed by atoms with Crippen molar-refractivity contribution >= 4 is 39.3 Å². The van der Waals surface area contributed by atoms with Gasteiger partial charge in [0.2, 0.25) is 17.7 Å². The van der Waals surface area contributed by atoms with E-state index in [9.17, 15) is 14.4 Å². The number of likely N-dealkylation sites (N-methyl/N-ethyl adjacent to an activating group) is 1. The molecule has 1 unspecified atom stereocenters. The van der Waals surface area contributed by atoms with E-state index in [0.29, 0.717) is 38.3 Å². The molecule has 138 valence electrons. The second kappa shape index (κ2) is 11.6. The van der Waals surface area contributed by atoms with Crippen molar-refractivity contribution in [1.29, 1.82) is 0 Å². The number of nitrogens with one attached hydrogen (secondary N) is 2. The number of hydrogen-bond acceptors (Lipinski definition) is 5. The Morgan fingerprint density at radius 3 is 2.33 bits per heavy atom. The minimum Gasteiger partial charge on any atom is -0.355 e. The van der Waals surface area contributed by atoms with Crippen molar-refractivity contribution in [1.82, 2.24) is 15.5 Å². The van der Waals surface area contributed by atoms with Crippen LogP contribution in [0, 0.1) is 5.92 Å². The quantitative estimate of drug-likeness (QED) is 0.718. The Balaban J connectivity index is 2.71. The van der Waals surface area contributed by atoms with Gasteiger partial charge in [0.05, 0.1) is 0 Å². The van der Waals surface area contributed by atoms with Crippen molar-refractivity contribution in [3.63, 3.8) is 0 Å². The molecule has 0 spiro atoms. The molecule has 0 bridgehead atoms. The molecule has 1 aliphatic rings. The zero-order chi connectivity index (χ0) is 17.9. The zero-order valence-electron chi connectivity index (χ0n) is 14.8. The maximum Gasteiger partial charge on any atom is 0.242 e. The van der Waals surface area contributed by atoms with Gasteiger partial charge in [-0.1, -0.05) is 35.4 Å². The van der Waals surface area contributed by atoms with Crippen LogP contribution in [0.4, 0.5) is 0 Å². The van der Waals surface area contributed by atoms with Crippen LogP contribution >= 0.6 is 21.6 Å². The highest BCUT2D eigenvalue weighted by molar-refractivity contribution is 8.76. The van der Waals surface area contributed by atoms with Gasteiger partial charge in [-0.2, -0.15) is 0 Å². The lowest BCUT2D eigenvalue weighted by atomic mass is 10.0. The van der Waals surface area contributed by atoms with Crippen LogP contribution in [0.25, 0.3) is 0 Å². The summed E-state index contributed by atoms with van der Waals surface area (Å²) < 4.78 is 0. The molecule has 1 aliphatic heterocycles. The minimum absolute atomic E-state index is 0.0142. The summed E-state index contributed by atoms with van der Waals surface area (Å²) in [5.74, 6) is 1.77. The molecule has 2 N–H and O–H groups in total. The van der Waals surface area contributed by atoms with E-state index in [2.05, 4.69) is 10.6 Å². The van der Waals surface area contributed by atoms with Crippen molar-refractivity contribution in [3.05, 3.63) is 0 Å². The Morgan fingerprint density at radius 1 is 1.08 bits per heavy atom. The van der Waals surface area contributed by atoms with Gasteiger partial charge >= 0.3 is 0 Å². The van der Waals surface area contributed by atoms with E-state index in [1.807, 2.05) is 13.8 Å². The van der Waals surface area contributed by atoms with Crippen LogP contribution < -0.4 is 10.6 Å². The summed E-state index contributed by atoms with van der Waals surface area (Å²) in [5, 5.41) is 5.81. The van der Waals surface area contributed by atoms with Crippen LogP contribution in [0.2, 0.25) is 0 Å². The first-order valence-corrected chi connectivity index (χ1v) is 10.9. The van der Waals surface area contributed by atoms with Gasteiger partial charge in [0.25, 0.3) is 0 Å². The lowest BCUT2D eigenvalue weighted by Gasteiger charge is -2.29. The highest BCUT2D eigenvalue weighted by Gasteiger charge is 2.27. The van der Waals surface area contributed by atoms with Crippen LogP contribution in [0.3, 0.4) is 0 Å². The van der Waals surface area contributed by atoms with Gasteiger partial charge in [-0.05, 0) is 18.8 Å². The fraction of sp³-hybridized carbons (Fsp3) is 0.812. The van der Waals surface area contributed by atoms with E-state index in [4.69, 9.17) is 0 Å². The summed E-state index contributed by atoms with van der Waals surface area (Å²) in [7, 11) is 5.05. The van der Waals surface area contributed by atoms with E-state index in [1.54, 1.807) is 33.5 Å². The normalized spacial score (nSPS) is 23.1. The number of nitrogens with zero attached hydrogens (tertiary/aromatic N) is 1. The Hall–Kier alpha value is -0.890. The molecule has 0 saturated carbocycles. The lowest BCUT2D eigenvalue weighted by Crippen LogP contribution is -2.48. The van der Waals surface area contributed by atoms with Crippen LogP contribution in [-0.4, -0.2) is 60.3 Å². The molecule has 0 aliphatic carbocycles. The van der Waals surface area contributed by atoms with Gasteiger partial charge in [-0.3, -0.25) is 14.4 Å². The van der Waals surface area contributed by atoms with Crippen LogP contribution in [0.1, 0.15) is 39.5 Å². The molecule has 3 amide bonds. The highest BCUT2D eigenvalue weighted by Crippen LogP contribution is 2.19. The fourth-order valence-corrected chi connectivity index (χ4v) is 4.22. The van der Waals surface area contributed by atoms with Crippen molar-refractivity contribution in [3.8, 4) is 0 Å². The van der Waals surface area contributed by atoms with E-state index < -0.39 is 6.04 Å². The molecule has 24 heavy (non-hydrogen) atoms. The molecule has 0 aromatic rings. The van der Waals surface area contributed by atoms with Gasteiger partial charge in [0.1, 0.15) is 6.04 Å². The molecule has 1 heterocycles. The average molecular weight is 376 g/mol. The Bertz CT molecular complexity index is 433. The summed E-state index contributed by atoms with van der Waals surface area (Å²) in [6, 6.07) is -0.447. The second-order valence-corrected chi connectivity index (χ2v) is 8.99. The van der Waals surface area contributed by atoms with E-state index >= 15 is 0 Å². The first-order chi connectivity index (χ1) is 11.4. The molecule has 1 rings (SSSR count). The Labute approximate surface area is 152 Å². The maximum atomic E-state index is 12.5. The molecule has 0 aromatic heterocycles. The molecular formula is C16H29N3O3S2. The summed E-state index contributed by atoms with van der Waals surface area (Å²) in [4.78, 5) is 38.1.